The Labute approximate surface area is 216 Å². The monoisotopic (exact) mass is 549 g/mol. The zero-order valence-corrected chi connectivity index (χ0v) is 20.6. The van der Waals surface area contributed by atoms with Crippen LogP contribution in [0, 0.1) is 5.92 Å². The standard InChI is InChI=1S/C23H23N3O11S/c1-11(24-22(30)31)21(29)25-12-2-4-14-15-5-3-13(38(33,34)35)9-17(15)18(16(14)8-12)10-36-23(32)37-26-19(27)6-7-20(26)28/h2-5,8-9,11,14,16,18,24H,6-7,10H2,1H3,(H,25,29)(H,30,31)(H,33,34,35). The van der Waals surface area contributed by atoms with Gasteiger partial charge in [-0.15, -0.1) is 0 Å². The molecule has 15 heteroatoms. The Bertz CT molecular complexity index is 1370. The molecule has 4 rings (SSSR count). The highest BCUT2D eigenvalue weighted by Gasteiger charge is 2.42. The molecule has 0 radical (unpaired) electrons. The molecule has 3 aliphatic rings. The summed E-state index contributed by atoms with van der Waals surface area (Å²) < 4.78 is 38.2. The van der Waals surface area contributed by atoms with Gasteiger partial charge in [0.05, 0.1) is 4.90 Å². The maximum absolute atomic E-state index is 12.4. The van der Waals surface area contributed by atoms with Crippen molar-refractivity contribution in [2.45, 2.75) is 42.5 Å². The molecule has 1 fully saturated rings. The van der Waals surface area contributed by atoms with E-state index in [4.69, 9.17) is 14.7 Å². The number of benzene rings is 1. The Kier molecular flexibility index (Phi) is 7.24. The molecule has 0 aromatic heterocycles. The van der Waals surface area contributed by atoms with Crippen LogP contribution in [0.3, 0.4) is 0 Å². The summed E-state index contributed by atoms with van der Waals surface area (Å²) in [5.74, 6) is -3.47. The number of hydrogen-bond acceptors (Lipinski definition) is 9. The number of amides is 4. The second kappa shape index (κ2) is 10.3. The third-order valence-corrected chi connectivity index (χ3v) is 7.25. The van der Waals surface area contributed by atoms with Crippen molar-refractivity contribution < 1.29 is 51.6 Å². The van der Waals surface area contributed by atoms with Gasteiger partial charge < -0.3 is 20.5 Å². The number of nitrogens with zero attached hydrogens (tertiary/aromatic N) is 1. The van der Waals surface area contributed by atoms with E-state index in [2.05, 4.69) is 5.32 Å². The lowest BCUT2D eigenvalue weighted by Gasteiger charge is -2.25. The molecule has 2 aliphatic carbocycles. The van der Waals surface area contributed by atoms with Gasteiger partial charge in [0.15, 0.2) is 0 Å². The molecule has 4 unspecified atom stereocenters. The number of rotatable bonds is 7. The van der Waals surface area contributed by atoms with E-state index >= 15 is 0 Å². The largest absolute Gasteiger partial charge is 0.533 e. The summed E-state index contributed by atoms with van der Waals surface area (Å²) in [5, 5.41) is 13.8. The summed E-state index contributed by atoms with van der Waals surface area (Å²) in [5.41, 5.74) is 1.47. The van der Waals surface area contributed by atoms with E-state index in [-0.39, 0.29) is 30.3 Å². The summed E-state index contributed by atoms with van der Waals surface area (Å²) in [6, 6.07) is 2.97. The highest BCUT2D eigenvalue weighted by Crippen LogP contribution is 2.50. The molecule has 0 saturated carbocycles. The van der Waals surface area contributed by atoms with Crippen LogP contribution in [0.5, 0.6) is 0 Å². The molecule has 4 N–H and O–H groups in total. The molecule has 202 valence electrons. The van der Waals surface area contributed by atoms with Crippen LogP contribution < -0.4 is 10.6 Å². The zero-order valence-electron chi connectivity index (χ0n) is 19.8. The Morgan fingerprint density at radius 1 is 1.16 bits per heavy atom. The molecule has 1 aliphatic heterocycles. The summed E-state index contributed by atoms with van der Waals surface area (Å²) in [7, 11) is -4.55. The van der Waals surface area contributed by atoms with E-state index in [0.717, 1.165) is 0 Å². The van der Waals surface area contributed by atoms with E-state index in [1.807, 2.05) is 5.32 Å². The van der Waals surface area contributed by atoms with Crippen LogP contribution in [0.15, 0.2) is 47.0 Å². The molecule has 4 amide bonds. The molecule has 0 bridgehead atoms. The topological polar surface area (TPSA) is 206 Å². The highest BCUT2D eigenvalue weighted by molar-refractivity contribution is 7.85. The van der Waals surface area contributed by atoms with Crippen molar-refractivity contribution in [1.29, 1.82) is 0 Å². The fourth-order valence-electron chi connectivity index (χ4n) is 4.63. The number of ether oxygens (including phenoxy) is 1. The van der Waals surface area contributed by atoms with Crippen molar-refractivity contribution in [2.24, 2.45) is 5.92 Å². The average molecular weight is 550 g/mol. The summed E-state index contributed by atoms with van der Waals surface area (Å²) in [6.07, 6.45) is 2.13. The minimum absolute atomic E-state index is 0.101. The van der Waals surface area contributed by atoms with Gasteiger partial charge >= 0.3 is 12.2 Å². The molecule has 1 aromatic carbocycles. The predicted molar refractivity (Wildman–Crippen MR) is 125 cm³/mol. The summed E-state index contributed by atoms with van der Waals surface area (Å²) >= 11 is 0. The van der Waals surface area contributed by atoms with Crippen molar-refractivity contribution in [3.63, 3.8) is 0 Å². The first-order chi connectivity index (χ1) is 17.8. The van der Waals surface area contributed by atoms with Gasteiger partial charge in [-0.2, -0.15) is 8.42 Å². The number of carbonyl (C=O) groups excluding carboxylic acids is 4. The lowest BCUT2D eigenvalue weighted by atomic mass is 9.83. The maximum Gasteiger partial charge on any atom is 0.533 e. The van der Waals surface area contributed by atoms with Gasteiger partial charge in [-0.3, -0.25) is 23.8 Å². The number of hydrogen-bond donors (Lipinski definition) is 4. The lowest BCUT2D eigenvalue weighted by Crippen LogP contribution is -2.44. The fraction of sp³-hybridized carbons (Fsp3) is 0.348. The Morgan fingerprint density at radius 3 is 2.47 bits per heavy atom. The SMILES string of the molecule is CC(NC(=O)O)C(=O)NC1=CC2C(C=C1)c1ccc(S(=O)(=O)O)cc1C2COC(=O)ON1C(=O)CCC1=O. The van der Waals surface area contributed by atoms with Crippen LogP contribution in [-0.4, -0.2) is 65.8 Å². The fourth-order valence-corrected chi connectivity index (χ4v) is 5.14. The summed E-state index contributed by atoms with van der Waals surface area (Å²) in [4.78, 5) is 63.2. The second-order valence-electron chi connectivity index (χ2n) is 8.85. The number of fused-ring (bicyclic) bond motifs is 3. The Hall–Kier alpha value is -4.24. The third kappa shape index (κ3) is 5.52. The average Bonchev–Trinajstić information content (AvgIpc) is 3.32. The van der Waals surface area contributed by atoms with Crippen LogP contribution in [0.25, 0.3) is 0 Å². The molecule has 14 nitrogen and oxygen atoms in total. The smallest absolute Gasteiger partial charge is 0.465 e. The number of carbonyl (C=O) groups is 5. The third-order valence-electron chi connectivity index (χ3n) is 6.40. The molecule has 1 heterocycles. The van der Waals surface area contributed by atoms with Crippen LogP contribution in [0.1, 0.15) is 42.7 Å². The molecule has 38 heavy (non-hydrogen) atoms. The van der Waals surface area contributed by atoms with E-state index in [9.17, 15) is 36.9 Å². The van der Waals surface area contributed by atoms with Gasteiger partial charge in [0, 0.05) is 30.4 Å². The van der Waals surface area contributed by atoms with Crippen LogP contribution in [-0.2, 0) is 34.1 Å². The van der Waals surface area contributed by atoms with Gasteiger partial charge in [0.25, 0.3) is 21.9 Å². The van der Waals surface area contributed by atoms with Crippen molar-refractivity contribution in [1.82, 2.24) is 15.7 Å². The van der Waals surface area contributed by atoms with Crippen molar-refractivity contribution in [3.8, 4) is 0 Å². The minimum atomic E-state index is -4.55. The van der Waals surface area contributed by atoms with E-state index in [0.29, 0.717) is 21.9 Å². The molecule has 1 aromatic rings. The van der Waals surface area contributed by atoms with E-state index < -0.39 is 58.0 Å². The number of imide groups is 1. The Balaban J connectivity index is 1.57. The molecule has 4 atom stereocenters. The van der Waals surface area contributed by atoms with Gasteiger partial charge in [-0.1, -0.05) is 23.3 Å². The zero-order chi connectivity index (χ0) is 27.8. The number of hydroxylamine groups is 2. The highest BCUT2D eigenvalue weighted by atomic mass is 32.2. The van der Waals surface area contributed by atoms with Gasteiger partial charge in [0.1, 0.15) is 12.6 Å². The van der Waals surface area contributed by atoms with Crippen molar-refractivity contribution >= 4 is 40.1 Å². The lowest BCUT2D eigenvalue weighted by molar-refractivity contribution is -0.177. The van der Waals surface area contributed by atoms with E-state index in [1.54, 1.807) is 18.2 Å². The van der Waals surface area contributed by atoms with Crippen molar-refractivity contribution in [2.75, 3.05) is 6.61 Å². The summed E-state index contributed by atoms with van der Waals surface area (Å²) in [6.45, 7) is 1.00. The first-order valence-corrected chi connectivity index (χ1v) is 12.8. The van der Waals surface area contributed by atoms with Crippen LogP contribution in [0.2, 0.25) is 0 Å². The Morgan fingerprint density at radius 2 is 1.84 bits per heavy atom. The number of carboxylic acid groups (broad SMARTS) is 1. The second-order valence-corrected chi connectivity index (χ2v) is 10.3. The van der Waals surface area contributed by atoms with E-state index in [1.165, 1.54) is 25.1 Å². The van der Waals surface area contributed by atoms with Crippen molar-refractivity contribution in [3.05, 3.63) is 53.3 Å². The number of nitrogens with one attached hydrogen (secondary N) is 2. The number of allylic oxidation sites excluding steroid dienone is 3. The normalized spacial score (nSPS) is 22.7. The van der Waals surface area contributed by atoms with Gasteiger partial charge in [-0.25, -0.2) is 9.59 Å². The first-order valence-electron chi connectivity index (χ1n) is 11.4. The molecular weight excluding hydrogens is 526 g/mol. The maximum atomic E-state index is 12.4. The predicted octanol–water partition coefficient (Wildman–Crippen LogP) is 1.17. The van der Waals surface area contributed by atoms with Crippen LogP contribution >= 0.6 is 0 Å². The molecule has 0 spiro atoms. The quantitative estimate of drug-likeness (QED) is 0.216. The van der Waals surface area contributed by atoms with Gasteiger partial charge in [0.2, 0.25) is 5.91 Å². The molecule has 1 saturated heterocycles. The minimum Gasteiger partial charge on any atom is -0.465 e. The first kappa shape index (κ1) is 26.8. The van der Waals surface area contributed by atoms with Crippen LogP contribution in [0.4, 0.5) is 9.59 Å². The van der Waals surface area contributed by atoms with Gasteiger partial charge in [-0.05, 0) is 42.2 Å². The molecular formula is C23H23N3O11S.